The monoisotopic (exact) mass is 273 g/mol. The molecule has 1 saturated heterocycles. The SMILES string of the molecule is C[C@@H](O[Si](C)(C)C(C)(C)C)[C@H]1C(=O)NC1C(=O)O. The molecule has 104 valence electrons. The highest BCUT2D eigenvalue weighted by Crippen LogP contribution is 2.38. The van der Waals surface area contributed by atoms with Crippen LogP contribution in [0.1, 0.15) is 27.7 Å². The number of amides is 1. The van der Waals surface area contributed by atoms with Crippen LogP contribution in [0.5, 0.6) is 0 Å². The lowest BCUT2D eigenvalue weighted by Gasteiger charge is -2.44. The number of carboxylic acids is 1. The van der Waals surface area contributed by atoms with Gasteiger partial charge in [-0.15, -0.1) is 0 Å². The van der Waals surface area contributed by atoms with Gasteiger partial charge in [-0.1, -0.05) is 20.8 Å². The Morgan fingerprint density at radius 3 is 2.28 bits per heavy atom. The van der Waals surface area contributed by atoms with Gasteiger partial charge in [0.15, 0.2) is 8.32 Å². The number of β-lactam (4-membered cyclic amide) rings is 1. The summed E-state index contributed by atoms with van der Waals surface area (Å²) in [7, 11) is -1.98. The summed E-state index contributed by atoms with van der Waals surface area (Å²) >= 11 is 0. The van der Waals surface area contributed by atoms with Crippen molar-refractivity contribution in [1.82, 2.24) is 5.32 Å². The molecule has 18 heavy (non-hydrogen) atoms. The first kappa shape index (κ1) is 15.2. The molecule has 1 aliphatic heterocycles. The lowest BCUT2D eigenvalue weighted by molar-refractivity contribution is -0.156. The zero-order chi connectivity index (χ0) is 14.3. The van der Waals surface area contributed by atoms with Gasteiger partial charge in [0.25, 0.3) is 0 Å². The minimum absolute atomic E-state index is 0.0419. The van der Waals surface area contributed by atoms with E-state index in [9.17, 15) is 9.59 Å². The number of hydrogen-bond donors (Lipinski definition) is 2. The predicted octanol–water partition coefficient (Wildman–Crippen LogP) is 1.60. The second-order valence-electron chi connectivity index (χ2n) is 6.43. The van der Waals surface area contributed by atoms with Crippen LogP contribution >= 0.6 is 0 Å². The van der Waals surface area contributed by atoms with Crippen molar-refractivity contribution in [3.63, 3.8) is 0 Å². The van der Waals surface area contributed by atoms with Gasteiger partial charge in [-0.05, 0) is 25.1 Å². The number of carbonyl (C=O) groups excluding carboxylic acids is 1. The number of carbonyl (C=O) groups is 2. The van der Waals surface area contributed by atoms with Gasteiger partial charge in [-0.2, -0.15) is 0 Å². The molecule has 0 aliphatic carbocycles. The third kappa shape index (κ3) is 2.75. The summed E-state index contributed by atoms with van der Waals surface area (Å²) in [5.74, 6) is -1.80. The lowest BCUT2D eigenvalue weighted by atomic mass is 9.86. The van der Waals surface area contributed by atoms with E-state index in [-0.39, 0.29) is 17.0 Å². The van der Waals surface area contributed by atoms with E-state index in [0.29, 0.717) is 0 Å². The first-order valence-corrected chi connectivity index (χ1v) is 9.09. The molecule has 1 aliphatic rings. The first-order chi connectivity index (χ1) is 7.97. The minimum Gasteiger partial charge on any atom is -0.480 e. The van der Waals surface area contributed by atoms with Crippen LogP contribution < -0.4 is 5.32 Å². The average molecular weight is 273 g/mol. The van der Waals surface area contributed by atoms with E-state index < -0.39 is 26.2 Å². The Labute approximate surface area is 109 Å². The number of hydrogen-bond acceptors (Lipinski definition) is 3. The summed E-state index contributed by atoms with van der Waals surface area (Å²) < 4.78 is 6.07. The Morgan fingerprint density at radius 2 is 1.94 bits per heavy atom. The molecule has 0 spiro atoms. The van der Waals surface area contributed by atoms with Gasteiger partial charge in [-0.25, -0.2) is 4.79 Å². The van der Waals surface area contributed by atoms with Crippen LogP contribution in [-0.4, -0.2) is 37.4 Å². The predicted molar refractivity (Wildman–Crippen MR) is 70.8 cm³/mol. The first-order valence-electron chi connectivity index (χ1n) is 6.18. The minimum atomic E-state index is -1.98. The van der Waals surface area contributed by atoms with Gasteiger partial charge >= 0.3 is 5.97 Å². The van der Waals surface area contributed by atoms with Crippen LogP contribution in [0.25, 0.3) is 0 Å². The molecule has 0 aromatic carbocycles. The molecule has 0 radical (unpaired) electrons. The van der Waals surface area contributed by atoms with Crippen LogP contribution in [0.15, 0.2) is 0 Å². The van der Waals surface area contributed by atoms with Crippen molar-refractivity contribution in [3.8, 4) is 0 Å². The third-order valence-electron chi connectivity index (χ3n) is 4.02. The fourth-order valence-electron chi connectivity index (χ4n) is 1.81. The highest BCUT2D eigenvalue weighted by molar-refractivity contribution is 6.74. The maximum absolute atomic E-state index is 11.5. The van der Waals surface area contributed by atoms with Crippen LogP contribution in [0.3, 0.4) is 0 Å². The molecule has 1 amide bonds. The van der Waals surface area contributed by atoms with E-state index in [1.165, 1.54) is 0 Å². The van der Waals surface area contributed by atoms with Gasteiger partial charge < -0.3 is 14.8 Å². The maximum Gasteiger partial charge on any atom is 0.327 e. The molecule has 6 heteroatoms. The normalized spacial score (nSPS) is 26.2. The van der Waals surface area contributed by atoms with E-state index in [1.54, 1.807) is 6.92 Å². The zero-order valence-electron chi connectivity index (χ0n) is 11.9. The van der Waals surface area contributed by atoms with Gasteiger partial charge in [0, 0.05) is 0 Å². The van der Waals surface area contributed by atoms with Crippen molar-refractivity contribution in [1.29, 1.82) is 0 Å². The maximum atomic E-state index is 11.5. The Balaban J connectivity index is 2.74. The smallest absolute Gasteiger partial charge is 0.327 e. The summed E-state index contributed by atoms with van der Waals surface area (Å²) in [5.41, 5.74) is 0. The molecule has 1 unspecified atom stereocenters. The Bertz CT molecular complexity index is 362. The van der Waals surface area contributed by atoms with Gasteiger partial charge in [0.05, 0.1) is 12.0 Å². The molecule has 1 heterocycles. The quantitative estimate of drug-likeness (QED) is 0.602. The summed E-state index contributed by atoms with van der Waals surface area (Å²) in [5, 5.41) is 11.4. The van der Waals surface area contributed by atoms with Crippen molar-refractivity contribution in [3.05, 3.63) is 0 Å². The van der Waals surface area contributed by atoms with Crippen molar-refractivity contribution in [2.24, 2.45) is 5.92 Å². The molecule has 0 bridgehead atoms. The Morgan fingerprint density at radius 1 is 1.44 bits per heavy atom. The van der Waals surface area contributed by atoms with Crippen LogP contribution in [0.4, 0.5) is 0 Å². The lowest BCUT2D eigenvalue weighted by Crippen LogP contribution is -2.66. The summed E-state index contributed by atoms with van der Waals surface area (Å²) in [6.07, 6.45) is -0.360. The summed E-state index contributed by atoms with van der Waals surface area (Å²) in [6.45, 7) is 12.3. The fraction of sp³-hybridized carbons (Fsp3) is 0.833. The molecule has 0 saturated carbocycles. The average Bonchev–Trinajstić information content (AvgIpc) is 2.10. The fourth-order valence-corrected chi connectivity index (χ4v) is 3.24. The number of carboxylic acid groups (broad SMARTS) is 1. The second kappa shape index (κ2) is 4.66. The van der Waals surface area contributed by atoms with E-state index in [2.05, 4.69) is 39.2 Å². The van der Waals surface area contributed by atoms with E-state index >= 15 is 0 Å². The van der Waals surface area contributed by atoms with Gasteiger partial charge in [-0.3, -0.25) is 4.79 Å². The zero-order valence-corrected chi connectivity index (χ0v) is 12.9. The van der Waals surface area contributed by atoms with Crippen molar-refractivity contribution in [2.45, 2.75) is 58.0 Å². The number of nitrogens with one attached hydrogen (secondary N) is 1. The molecular weight excluding hydrogens is 250 g/mol. The summed E-state index contributed by atoms with van der Waals surface area (Å²) in [4.78, 5) is 22.4. The van der Waals surface area contributed by atoms with E-state index in [4.69, 9.17) is 9.53 Å². The standard InChI is InChI=1S/C12H23NO4Si/c1-7(17-18(5,6)12(2,3)4)8-9(11(15)16)13-10(8)14/h7-9H,1-6H3,(H,13,14)(H,15,16)/t7-,8-,9?/m1/s1. The highest BCUT2D eigenvalue weighted by atomic mass is 28.4. The molecular formula is C12H23NO4Si. The molecule has 5 nitrogen and oxygen atoms in total. The van der Waals surface area contributed by atoms with Crippen LogP contribution in [-0.2, 0) is 14.0 Å². The third-order valence-corrected chi connectivity index (χ3v) is 8.59. The van der Waals surface area contributed by atoms with Crippen molar-refractivity contribution < 1.29 is 19.1 Å². The van der Waals surface area contributed by atoms with Crippen molar-refractivity contribution in [2.75, 3.05) is 0 Å². The molecule has 2 N–H and O–H groups in total. The number of aliphatic carboxylic acids is 1. The van der Waals surface area contributed by atoms with Crippen LogP contribution in [0, 0.1) is 5.92 Å². The molecule has 0 aromatic rings. The molecule has 3 atom stereocenters. The second-order valence-corrected chi connectivity index (χ2v) is 11.2. The van der Waals surface area contributed by atoms with Crippen molar-refractivity contribution >= 4 is 20.2 Å². The van der Waals surface area contributed by atoms with E-state index in [0.717, 1.165) is 0 Å². The largest absolute Gasteiger partial charge is 0.480 e. The highest BCUT2D eigenvalue weighted by Gasteiger charge is 2.50. The Hall–Kier alpha value is -0.883. The van der Waals surface area contributed by atoms with Gasteiger partial charge in [0.1, 0.15) is 6.04 Å². The van der Waals surface area contributed by atoms with Crippen LogP contribution in [0.2, 0.25) is 18.1 Å². The van der Waals surface area contributed by atoms with Gasteiger partial charge in [0.2, 0.25) is 5.91 Å². The van der Waals surface area contributed by atoms with E-state index in [1.807, 2.05) is 0 Å². The Kier molecular flexibility index (Phi) is 3.93. The molecule has 1 rings (SSSR count). The summed E-state index contributed by atoms with van der Waals surface area (Å²) in [6, 6.07) is -0.808. The molecule has 0 aromatic heterocycles. The number of rotatable bonds is 4. The topological polar surface area (TPSA) is 75.6 Å². The molecule has 1 fully saturated rings.